The van der Waals surface area contributed by atoms with E-state index in [0.29, 0.717) is 0 Å². The van der Waals surface area contributed by atoms with Crippen LogP contribution in [0.1, 0.15) is 20.7 Å². The minimum Gasteiger partial charge on any atom is -0.478 e. The Kier molecular flexibility index (Phi) is 2.51. The van der Waals surface area contributed by atoms with Gasteiger partial charge in [-0.15, -0.1) is 0 Å². The Hall–Kier alpha value is -2.43. The normalized spacial score (nSPS) is 18.2. The molecule has 0 fully saturated rings. The maximum absolute atomic E-state index is 11.9. The summed E-state index contributed by atoms with van der Waals surface area (Å²) in [6.07, 6.45) is -1.44. The second kappa shape index (κ2) is 3.86. The van der Waals surface area contributed by atoms with E-state index in [9.17, 15) is 14.4 Å². The highest BCUT2D eigenvalue weighted by atomic mass is 16.5. The fraction of sp³-hybridized carbons (Fsp3) is 0.0833. The van der Waals surface area contributed by atoms with Gasteiger partial charge in [-0.3, -0.25) is 4.79 Å². The summed E-state index contributed by atoms with van der Waals surface area (Å²) in [6, 6.07) is 6.10. The Morgan fingerprint density at radius 2 is 1.82 bits per heavy atom. The van der Waals surface area contributed by atoms with Crippen molar-refractivity contribution in [2.45, 2.75) is 6.10 Å². The van der Waals surface area contributed by atoms with E-state index >= 15 is 0 Å². The number of benzene rings is 1. The first-order valence-electron chi connectivity index (χ1n) is 4.78. The van der Waals surface area contributed by atoms with Crippen LogP contribution >= 0.6 is 0 Å². The Morgan fingerprint density at radius 1 is 1.24 bits per heavy atom. The molecule has 1 atom stereocenters. The van der Waals surface area contributed by atoms with Gasteiger partial charge in [0.05, 0.1) is 11.1 Å². The molecule has 1 N–H and O–H groups in total. The van der Waals surface area contributed by atoms with Crippen molar-refractivity contribution in [3.05, 3.63) is 47.5 Å². The van der Waals surface area contributed by atoms with Gasteiger partial charge in [-0.2, -0.15) is 0 Å². The van der Waals surface area contributed by atoms with Gasteiger partial charge in [0.2, 0.25) is 5.78 Å². The molecule has 1 unspecified atom stereocenters. The number of rotatable bonds is 2. The molecule has 0 saturated carbocycles. The van der Waals surface area contributed by atoms with Crippen molar-refractivity contribution in [1.29, 1.82) is 0 Å². The van der Waals surface area contributed by atoms with Gasteiger partial charge < -0.3 is 9.84 Å². The van der Waals surface area contributed by atoms with Crippen LogP contribution < -0.4 is 0 Å². The van der Waals surface area contributed by atoms with E-state index in [1.165, 1.54) is 12.1 Å². The maximum Gasteiger partial charge on any atom is 0.339 e. The molecule has 0 bridgehead atoms. The van der Waals surface area contributed by atoms with Crippen LogP contribution in [0.25, 0.3) is 0 Å². The number of esters is 1. The van der Waals surface area contributed by atoms with E-state index in [2.05, 4.69) is 6.58 Å². The van der Waals surface area contributed by atoms with Crippen LogP contribution in [0.3, 0.4) is 0 Å². The predicted octanol–water partition coefficient (Wildman–Crippen LogP) is 1.05. The van der Waals surface area contributed by atoms with Gasteiger partial charge in [-0.05, 0) is 6.07 Å². The Labute approximate surface area is 96.3 Å². The molecule has 0 aliphatic carbocycles. The molecule has 1 aliphatic heterocycles. The monoisotopic (exact) mass is 232 g/mol. The zero-order chi connectivity index (χ0) is 12.6. The van der Waals surface area contributed by atoms with Crippen LogP contribution in [0.15, 0.2) is 36.4 Å². The number of ketones is 1. The molecule has 1 aromatic carbocycles. The highest BCUT2D eigenvalue weighted by molar-refractivity contribution is 6.15. The van der Waals surface area contributed by atoms with Crippen molar-refractivity contribution in [1.82, 2.24) is 0 Å². The Bertz CT molecular complexity index is 544. The van der Waals surface area contributed by atoms with Crippen molar-refractivity contribution in [2.24, 2.45) is 0 Å². The van der Waals surface area contributed by atoms with Gasteiger partial charge in [0.15, 0.2) is 6.10 Å². The van der Waals surface area contributed by atoms with Crippen LogP contribution in [0.2, 0.25) is 0 Å². The number of carboxylic acid groups (broad SMARTS) is 1. The standard InChI is InChI=1S/C12H8O5/c1-6(11(14)15)10-9(13)7-4-2-3-5-8(7)12(16)17-10/h2-5,10H,1H2,(H,14,15). The first kappa shape index (κ1) is 11.1. The molecular formula is C12H8O5. The molecule has 5 heteroatoms. The van der Waals surface area contributed by atoms with Gasteiger partial charge >= 0.3 is 11.9 Å². The summed E-state index contributed by atoms with van der Waals surface area (Å²) in [5.74, 6) is -2.64. The van der Waals surface area contributed by atoms with E-state index in [-0.39, 0.29) is 11.1 Å². The molecule has 0 radical (unpaired) electrons. The summed E-state index contributed by atoms with van der Waals surface area (Å²) in [4.78, 5) is 34.2. The summed E-state index contributed by atoms with van der Waals surface area (Å²) in [5, 5.41) is 8.74. The molecule has 1 heterocycles. The summed E-state index contributed by atoms with van der Waals surface area (Å²) in [5.41, 5.74) is -0.138. The van der Waals surface area contributed by atoms with Crippen molar-refractivity contribution in [3.63, 3.8) is 0 Å². The zero-order valence-corrected chi connectivity index (χ0v) is 8.67. The Balaban J connectivity index is 2.47. The SMILES string of the molecule is C=C(C(=O)O)C1OC(=O)c2ccccc2C1=O. The molecule has 0 amide bonds. The summed E-state index contributed by atoms with van der Waals surface area (Å²) in [7, 11) is 0. The van der Waals surface area contributed by atoms with Crippen LogP contribution in [0.4, 0.5) is 0 Å². The molecular weight excluding hydrogens is 224 g/mol. The topological polar surface area (TPSA) is 80.7 Å². The van der Waals surface area contributed by atoms with Gasteiger partial charge in [0.1, 0.15) is 0 Å². The van der Waals surface area contributed by atoms with Gasteiger partial charge in [-0.25, -0.2) is 9.59 Å². The van der Waals surface area contributed by atoms with Gasteiger partial charge in [0.25, 0.3) is 0 Å². The smallest absolute Gasteiger partial charge is 0.339 e. The lowest BCUT2D eigenvalue weighted by molar-refractivity contribution is -0.133. The summed E-state index contributed by atoms with van der Waals surface area (Å²) in [6.45, 7) is 3.24. The first-order valence-corrected chi connectivity index (χ1v) is 4.78. The summed E-state index contributed by atoms with van der Waals surface area (Å²) >= 11 is 0. The van der Waals surface area contributed by atoms with E-state index in [4.69, 9.17) is 9.84 Å². The average Bonchev–Trinajstić information content (AvgIpc) is 2.33. The first-order chi connectivity index (χ1) is 8.02. The number of carbonyl (C=O) groups excluding carboxylic acids is 2. The van der Waals surface area contributed by atoms with Crippen molar-refractivity contribution in [2.75, 3.05) is 0 Å². The predicted molar refractivity (Wildman–Crippen MR) is 56.8 cm³/mol. The van der Waals surface area contributed by atoms with Crippen LogP contribution in [-0.2, 0) is 9.53 Å². The third kappa shape index (κ3) is 1.71. The minimum absolute atomic E-state index is 0.145. The minimum atomic E-state index is -1.44. The molecule has 1 aliphatic rings. The van der Waals surface area contributed by atoms with E-state index in [1.807, 2.05) is 0 Å². The highest BCUT2D eigenvalue weighted by Crippen LogP contribution is 2.23. The molecule has 0 spiro atoms. The Morgan fingerprint density at radius 3 is 2.41 bits per heavy atom. The number of carboxylic acids is 1. The van der Waals surface area contributed by atoms with Crippen molar-refractivity contribution < 1.29 is 24.2 Å². The number of cyclic esters (lactones) is 1. The third-order valence-electron chi connectivity index (χ3n) is 2.47. The third-order valence-corrected chi connectivity index (χ3v) is 2.47. The molecule has 2 rings (SSSR count). The van der Waals surface area contributed by atoms with Crippen LogP contribution in [0.5, 0.6) is 0 Å². The zero-order valence-electron chi connectivity index (χ0n) is 8.67. The average molecular weight is 232 g/mol. The molecule has 5 nitrogen and oxygen atoms in total. The van der Waals surface area contributed by atoms with Crippen LogP contribution in [-0.4, -0.2) is 28.9 Å². The fourth-order valence-corrected chi connectivity index (χ4v) is 1.58. The van der Waals surface area contributed by atoms with Crippen molar-refractivity contribution >= 4 is 17.7 Å². The number of carbonyl (C=O) groups is 3. The van der Waals surface area contributed by atoms with Gasteiger partial charge in [0, 0.05) is 5.56 Å². The molecule has 0 aromatic heterocycles. The number of fused-ring (bicyclic) bond motifs is 1. The number of aliphatic carboxylic acids is 1. The summed E-state index contributed by atoms with van der Waals surface area (Å²) < 4.78 is 4.78. The lowest BCUT2D eigenvalue weighted by Crippen LogP contribution is -2.37. The number of hydrogen-bond donors (Lipinski definition) is 1. The van der Waals surface area contributed by atoms with E-state index in [0.717, 1.165) is 0 Å². The second-order valence-electron chi connectivity index (χ2n) is 3.53. The molecule has 1 aromatic rings. The fourth-order valence-electron chi connectivity index (χ4n) is 1.58. The molecule has 86 valence electrons. The largest absolute Gasteiger partial charge is 0.478 e. The lowest BCUT2D eigenvalue weighted by Gasteiger charge is -2.22. The van der Waals surface area contributed by atoms with Gasteiger partial charge in [-0.1, -0.05) is 24.8 Å². The maximum atomic E-state index is 11.9. The quantitative estimate of drug-likeness (QED) is 0.608. The highest BCUT2D eigenvalue weighted by Gasteiger charge is 2.37. The number of hydrogen-bond acceptors (Lipinski definition) is 4. The number of ether oxygens (including phenoxy) is 1. The van der Waals surface area contributed by atoms with Crippen LogP contribution in [0, 0.1) is 0 Å². The van der Waals surface area contributed by atoms with E-state index < -0.39 is 29.4 Å². The lowest BCUT2D eigenvalue weighted by atomic mass is 9.94. The molecule has 0 saturated heterocycles. The second-order valence-corrected chi connectivity index (χ2v) is 3.53. The number of Topliss-reactive ketones (excluding diaryl/α,β-unsaturated/α-hetero) is 1. The van der Waals surface area contributed by atoms with E-state index in [1.54, 1.807) is 12.1 Å². The van der Waals surface area contributed by atoms with Crippen molar-refractivity contribution in [3.8, 4) is 0 Å². The molecule has 17 heavy (non-hydrogen) atoms.